The lowest BCUT2D eigenvalue weighted by Gasteiger charge is -2.62. The molecule has 39 heavy (non-hydrogen) atoms. The number of carbonyl (C=O) groups excluding carboxylic acids is 1. The van der Waals surface area contributed by atoms with E-state index in [0.29, 0.717) is 53.2 Å². The highest BCUT2D eigenvalue weighted by Crippen LogP contribution is 2.68. The quantitative estimate of drug-likeness (QED) is 0.187. The topological polar surface area (TPSA) is 119 Å². The molecule has 8 nitrogen and oxygen atoms in total. The maximum Gasteiger partial charge on any atom is 0.311 e. The molecule has 0 amide bonds. The summed E-state index contributed by atoms with van der Waals surface area (Å²) in [5.41, 5.74) is 0.971. The molecule has 0 unspecified atom stereocenters. The second kappa shape index (κ2) is 11.0. The highest BCUT2D eigenvalue weighted by atomic mass is 16.9. The molecule has 0 spiro atoms. The first-order valence-corrected chi connectivity index (χ1v) is 14.9. The van der Waals surface area contributed by atoms with E-state index in [1.54, 1.807) is 24.3 Å². The molecule has 0 heterocycles. The first kappa shape index (κ1) is 28.3. The zero-order valence-corrected chi connectivity index (χ0v) is 23.6. The van der Waals surface area contributed by atoms with E-state index in [1.807, 2.05) is 0 Å². The summed E-state index contributed by atoms with van der Waals surface area (Å²) in [5, 5.41) is 31.4. The maximum atomic E-state index is 12.7. The van der Waals surface area contributed by atoms with Crippen LogP contribution < -0.4 is 4.74 Å². The standard InChI is InChI=1S/C31H45NO7/c1-19(7-10-28(35)39-23-6-4-5-20(15-23)18-38-32(36)37)24-8-9-25-29-26(12-14-31(24,25)3)30(2)13-11-22(33)16-21(30)17-27(29)34/h4-6,15,19,21-22,24-27,29,33-34H,7-14,16-18H2,1-3H3/t19-,21+,22-,24-,25+,26+,27+,29+,30+,31-/m1/s1. The predicted molar refractivity (Wildman–Crippen MR) is 145 cm³/mol. The van der Waals surface area contributed by atoms with Gasteiger partial charge in [-0.3, -0.25) is 4.79 Å². The minimum atomic E-state index is -0.839. The normalized spacial score (nSPS) is 40.1. The molecule has 1 aromatic rings. The SMILES string of the molecule is C[C@H](CCC(=O)Oc1cccc(CO[N+](=O)[O-])c1)[C@H]1CC[C@H]2[C@@H]3[C@@H](O)C[C@@H]4C[C@H](O)CC[C@]4(C)[C@H]3CC[C@]12C. The van der Waals surface area contributed by atoms with Gasteiger partial charge in [0, 0.05) is 6.42 Å². The lowest BCUT2D eigenvalue weighted by molar-refractivity contribution is -0.763. The number of aliphatic hydroxyl groups excluding tert-OH is 2. The molecular formula is C31H45NO7. The van der Waals surface area contributed by atoms with Crippen LogP contribution in [0.2, 0.25) is 0 Å². The van der Waals surface area contributed by atoms with Crippen LogP contribution in [0.15, 0.2) is 24.3 Å². The van der Waals surface area contributed by atoms with Gasteiger partial charge < -0.3 is 19.8 Å². The molecule has 2 N–H and O–H groups in total. The van der Waals surface area contributed by atoms with Crippen LogP contribution in [0.25, 0.3) is 0 Å². The van der Waals surface area contributed by atoms with Crippen molar-refractivity contribution in [3.05, 3.63) is 39.9 Å². The van der Waals surface area contributed by atoms with Crippen LogP contribution >= 0.6 is 0 Å². The maximum absolute atomic E-state index is 12.7. The summed E-state index contributed by atoms with van der Waals surface area (Å²) in [6, 6.07) is 6.65. The van der Waals surface area contributed by atoms with Crippen molar-refractivity contribution in [3.63, 3.8) is 0 Å². The summed E-state index contributed by atoms with van der Waals surface area (Å²) in [6.45, 7) is 6.98. The summed E-state index contributed by atoms with van der Waals surface area (Å²) < 4.78 is 5.55. The van der Waals surface area contributed by atoms with Gasteiger partial charge in [-0.05, 0) is 122 Å². The third kappa shape index (κ3) is 5.43. The number of benzene rings is 1. The average Bonchev–Trinajstić information content (AvgIpc) is 3.24. The van der Waals surface area contributed by atoms with Gasteiger partial charge >= 0.3 is 5.97 Å². The van der Waals surface area contributed by atoms with Crippen molar-refractivity contribution in [1.82, 2.24) is 0 Å². The fourth-order valence-electron chi connectivity index (χ4n) is 9.73. The van der Waals surface area contributed by atoms with Crippen LogP contribution in [0.5, 0.6) is 5.75 Å². The van der Waals surface area contributed by atoms with E-state index >= 15 is 0 Å². The van der Waals surface area contributed by atoms with Gasteiger partial charge in [0.2, 0.25) is 0 Å². The van der Waals surface area contributed by atoms with Crippen molar-refractivity contribution in [2.45, 2.75) is 104 Å². The molecule has 0 aliphatic heterocycles. The summed E-state index contributed by atoms with van der Waals surface area (Å²) >= 11 is 0. The Morgan fingerprint density at radius 3 is 2.62 bits per heavy atom. The number of hydrogen-bond acceptors (Lipinski definition) is 7. The van der Waals surface area contributed by atoms with Crippen molar-refractivity contribution in [3.8, 4) is 5.75 Å². The number of esters is 1. The molecule has 4 fully saturated rings. The highest BCUT2D eigenvalue weighted by molar-refractivity contribution is 5.72. The van der Waals surface area contributed by atoms with E-state index < -0.39 is 5.09 Å². The van der Waals surface area contributed by atoms with Crippen molar-refractivity contribution in [2.75, 3.05) is 0 Å². The number of hydrogen-bond donors (Lipinski definition) is 2. The van der Waals surface area contributed by atoms with Gasteiger partial charge in [-0.25, -0.2) is 0 Å². The highest BCUT2D eigenvalue weighted by Gasteiger charge is 2.62. The largest absolute Gasteiger partial charge is 0.427 e. The molecule has 10 atom stereocenters. The molecule has 0 aromatic heterocycles. The van der Waals surface area contributed by atoms with Gasteiger partial charge in [-0.15, -0.1) is 10.1 Å². The van der Waals surface area contributed by atoms with Crippen molar-refractivity contribution < 1.29 is 29.7 Å². The number of ether oxygens (including phenoxy) is 1. The monoisotopic (exact) mass is 543 g/mol. The molecule has 0 radical (unpaired) electrons. The molecule has 4 aliphatic rings. The zero-order valence-electron chi connectivity index (χ0n) is 23.6. The van der Waals surface area contributed by atoms with Crippen LogP contribution in [0.1, 0.15) is 90.5 Å². The number of aliphatic hydroxyl groups is 2. The van der Waals surface area contributed by atoms with Gasteiger partial charge in [-0.1, -0.05) is 32.9 Å². The number of carbonyl (C=O) groups is 1. The summed E-state index contributed by atoms with van der Waals surface area (Å²) in [5.74, 6) is 2.78. The Balaban J connectivity index is 1.19. The van der Waals surface area contributed by atoms with Crippen molar-refractivity contribution in [1.29, 1.82) is 0 Å². The molecule has 8 heteroatoms. The number of nitrogens with zero attached hydrogens (tertiary/aromatic N) is 1. The number of rotatable bonds is 8. The minimum absolute atomic E-state index is 0.175. The van der Waals surface area contributed by atoms with E-state index in [2.05, 4.69) is 25.6 Å². The van der Waals surface area contributed by atoms with Gasteiger partial charge in [0.05, 0.1) is 12.2 Å². The Morgan fingerprint density at radius 2 is 1.85 bits per heavy atom. The first-order chi connectivity index (χ1) is 18.5. The van der Waals surface area contributed by atoms with Gasteiger partial charge in [0.1, 0.15) is 12.4 Å². The van der Waals surface area contributed by atoms with E-state index in [9.17, 15) is 25.1 Å². The van der Waals surface area contributed by atoms with Crippen LogP contribution in [0, 0.1) is 56.5 Å². The molecule has 5 rings (SSSR count). The van der Waals surface area contributed by atoms with E-state index in [1.165, 1.54) is 6.42 Å². The smallest absolute Gasteiger partial charge is 0.311 e. The Bertz CT molecular complexity index is 1060. The second-order valence-electron chi connectivity index (χ2n) is 13.6. The average molecular weight is 544 g/mol. The number of fused-ring (bicyclic) bond motifs is 5. The van der Waals surface area contributed by atoms with Crippen molar-refractivity contribution >= 4 is 5.97 Å². The molecular weight excluding hydrogens is 498 g/mol. The molecule has 1 aromatic carbocycles. The fraction of sp³-hybridized carbons (Fsp3) is 0.774. The van der Waals surface area contributed by atoms with Crippen LogP contribution in [-0.2, 0) is 16.2 Å². The second-order valence-corrected chi connectivity index (χ2v) is 13.6. The third-order valence-electron chi connectivity index (χ3n) is 11.7. The first-order valence-electron chi connectivity index (χ1n) is 14.9. The summed E-state index contributed by atoms with van der Waals surface area (Å²) in [7, 11) is 0. The van der Waals surface area contributed by atoms with Gasteiger partial charge in [0.25, 0.3) is 5.09 Å². The Morgan fingerprint density at radius 1 is 1.10 bits per heavy atom. The summed E-state index contributed by atoms with van der Waals surface area (Å²) in [4.78, 5) is 27.5. The zero-order chi connectivity index (χ0) is 27.9. The molecule has 4 aliphatic carbocycles. The molecule has 0 saturated heterocycles. The van der Waals surface area contributed by atoms with E-state index in [0.717, 1.165) is 51.4 Å². The third-order valence-corrected chi connectivity index (χ3v) is 11.7. The van der Waals surface area contributed by atoms with Crippen LogP contribution in [-0.4, -0.2) is 33.5 Å². The van der Waals surface area contributed by atoms with Gasteiger partial charge in [-0.2, -0.15) is 0 Å². The van der Waals surface area contributed by atoms with Crippen LogP contribution in [0.3, 0.4) is 0 Å². The lowest BCUT2D eigenvalue weighted by Crippen LogP contribution is -2.58. The Kier molecular flexibility index (Phi) is 7.99. The lowest BCUT2D eigenvalue weighted by atomic mass is 9.43. The Hall–Kier alpha value is -2.19. The van der Waals surface area contributed by atoms with Crippen molar-refractivity contribution in [2.24, 2.45) is 46.3 Å². The molecule has 0 bridgehead atoms. The molecule has 4 saturated carbocycles. The minimum Gasteiger partial charge on any atom is -0.427 e. The summed E-state index contributed by atoms with van der Waals surface area (Å²) in [6.07, 6.45) is 8.84. The predicted octanol–water partition coefficient (Wildman–Crippen LogP) is 5.71. The van der Waals surface area contributed by atoms with E-state index in [4.69, 9.17) is 4.74 Å². The fourth-order valence-corrected chi connectivity index (χ4v) is 9.73. The van der Waals surface area contributed by atoms with E-state index in [-0.39, 0.29) is 35.6 Å². The Labute approximate surface area is 231 Å². The van der Waals surface area contributed by atoms with Gasteiger partial charge in [0.15, 0.2) is 0 Å². The van der Waals surface area contributed by atoms with Crippen LogP contribution in [0.4, 0.5) is 0 Å². The molecule has 216 valence electrons.